The first kappa shape index (κ1) is 19.4. The minimum atomic E-state index is -0.464. The number of benzene rings is 1. The number of ketones is 1. The molecule has 3 rings (SSSR count). The molecule has 0 spiro atoms. The molecule has 2 N–H and O–H groups in total. The van der Waals surface area contributed by atoms with Crippen molar-refractivity contribution >= 4 is 5.78 Å². The number of aryl methyl sites for hydroxylation is 1. The number of halogens is 1. The van der Waals surface area contributed by atoms with Gasteiger partial charge in [-0.1, -0.05) is 18.2 Å². The van der Waals surface area contributed by atoms with Crippen LogP contribution in [0.5, 0.6) is 5.75 Å². The largest absolute Gasteiger partial charge is 0.485 e. The molecule has 0 saturated carbocycles. The Morgan fingerprint density at radius 3 is 2.68 bits per heavy atom. The summed E-state index contributed by atoms with van der Waals surface area (Å²) in [6.45, 7) is 2.10. The summed E-state index contributed by atoms with van der Waals surface area (Å²) >= 11 is 0. The number of rotatable bonds is 7. The van der Waals surface area contributed by atoms with Gasteiger partial charge in [-0.2, -0.15) is 5.10 Å². The van der Waals surface area contributed by atoms with Gasteiger partial charge in [0.05, 0.1) is 18.1 Å². The van der Waals surface area contributed by atoms with Gasteiger partial charge in [0.2, 0.25) is 0 Å². The van der Waals surface area contributed by atoms with Gasteiger partial charge >= 0.3 is 0 Å². The zero-order valence-corrected chi connectivity index (χ0v) is 15.3. The Hall–Kier alpha value is -3.39. The van der Waals surface area contributed by atoms with Crippen LogP contribution < -0.4 is 16.0 Å². The van der Waals surface area contributed by atoms with Crippen molar-refractivity contribution in [2.45, 2.75) is 26.6 Å². The smallest absolute Gasteiger partial charge is 0.270 e. The van der Waals surface area contributed by atoms with E-state index in [1.54, 1.807) is 12.1 Å². The predicted octanol–water partition coefficient (Wildman–Crippen LogP) is 2.01. The van der Waals surface area contributed by atoms with E-state index >= 15 is 0 Å². The summed E-state index contributed by atoms with van der Waals surface area (Å²) in [5, 5.41) is 3.99. The minimum Gasteiger partial charge on any atom is -0.485 e. The van der Waals surface area contributed by atoms with Crippen LogP contribution in [0, 0.1) is 12.7 Å². The monoisotopic (exact) mass is 382 g/mol. The lowest BCUT2D eigenvalue weighted by Gasteiger charge is -2.09. The average Bonchev–Trinajstić information content (AvgIpc) is 2.69. The third kappa shape index (κ3) is 4.66. The topological polar surface area (TPSA) is 100 Å². The summed E-state index contributed by atoms with van der Waals surface area (Å²) in [7, 11) is 0. The number of carbonyl (C=O) groups excluding carboxylic acids is 1. The quantitative estimate of drug-likeness (QED) is 0.628. The maximum absolute atomic E-state index is 12.8. The van der Waals surface area contributed by atoms with E-state index < -0.39 is 11.4 Å². The van der Waals surface area contributed by atoms with Crippen molar-refractivity contribution in [3.63, 3.8) is 0 Å². The van der Waals surface area contributed by atoms with Crippen molar-refractivity contribution in [1.82, 2.24) is 14.8 Å². The van der Waals surface area contributed by atoms with Gasteiger partial charge in [-0.15, -0.1) is 0 Å². The van der Waals surface area contributed by atoms with Gasteiger partial charge in [-0.3, -0.25) is 14.6 Å². The van der Waals surface area contributed by atoms with Crippen LogP contribution in [0.2, 0.25) is 0 Å². The maximum atomic E-state index is 12.8. The highest BCUT2D eigenvalue weighted by atomic mass is 19.1. The van der Waals surface area contributed by atoms with Crippen molar-refractivity contribution in [2.24, 2.45) is 5.73 Å². The zero-order chi connectivity index (χ0) is 20.1. The van der Waals surface area contributed by atoms with Gasteiger partial charge in [0.15, 0.2) is 5.78 Å². The molecule has 0 unspecified atom stereocenters. The lowest BCUT2D eigenvalue weighted by atomic mass is 10.0. The van der Waals surface area contributed by atoms with Gasteiger partial charge in [-0.25, -0.2) is 9.07 Å². The lowest BCUT2D eigenvalue weighted by Crippen LogP contribution is -2.26. The highest BCUT2D eigenvalue weighted by molar-refractivity contribution is 5.97. The molecule has 7 nitrogen and oxygen atoms in total. The molecule has 2 heterocycles. The zero-order valence-electron chi connectivity index (χ0n) is 15.3. The van der Waals surface area contributed by atoms with Crippen LogP contribution in [0.15, 0.2) is 53.6 Å². The van der Waals surface area contributed by atoms with Crippen molar-refractivity contribution < 1.29 is 13.9 Å². The summed E-state index contributed by atoms with van der Waals surface area (Å²) in [5.41, 5.74) is 7.90. The number of hydrogen-bond acceptors (Lipinski definition) is 6. The second-order valence-electron chi connectivity index (χ2n) is 6.22. The molecule has 1 aromatic carbocycles. The van der Waals surface area contributed by atoms with E-state index in [-0.39, 0.29) is 24.7 Å². The molecule has 0 saturated heterocycles. The first-order chi connectivity index (χ1) is 13.5. The Bertz CT molecular complexity index is 1050. The van der Waals surface area contributed by atoms with Crippen LogP contribution in [0.25, 0.3) is 0 Å². The van der Waals surface area contributed by atoms with Crippen molar-refractivity contribution in [2.75, 3.05) is 0 Å². The molecule has 0 bridgehead atoms. The second kappa shape index (κ2) is 8.53. The molecular weight excluding hydrogens is 363 g/mol. The molecule has 8 heteroatoms. The number of aromatic nitrogens is 3. The lowest BCUT2D eigenvalue weighted by molar-refractivity contribution is 0.0964. The Morgan fingerprint density at radius 2 is 2.04 bits per heavy atom. The number of ether oxygens (including phenoxy) is 1. The standard InChI is InChI=1S/C20H19FN4O3/c1-13-6-14(8-22)2-5-18(13)19(26)11-25-20(27)7-17(10-24-25)28-12-16-4-3-15(21)9-23-16/h2-7,9-10H,8,11-12,22H2,1H3. The molecule has 0 amide bonds. The van der Waals surface area contributed by atoms with Crippen molar-refractivity contribution in [3.05, 3.63) is 87.3 Å². The summed E-state index contributed by atoms with van der Waals surface area (Å²) in [4.78, 5) is 28.6. The Labute approximate surface area is 160 Å². The Kier molecular flexibility index (Phi) is 5.90. The van der Waals surface area contributed by atoms with Crippen molar-refractivity contribution in [3.8, 4) is 5.75 Å². The number of nitrogens with zero attached hydrogens (tertiary/aromatic N) is 3. The molecule has 0 fully saturated rings. The number of nitrogens with two attached hydrogens (primary N) is 1. The van der Waals surface area contributed by atoms with E-state index in [0.717, 1.165) is 22.0 Å². The average molecular weight is 382 g/mol. The van der Waals surface area contributed by atoms with E-state index in [1.165, 1.54) is 24.4 Å². The maximum Gasteiger partial charge on any atom is 0.270 e. The number of carbonyl (C=O) groups is 1. The van der Waals surface area contributed by atoms with Gasteiger partial charge in [0, 0.05) is 18.2 Å². The van der Waals surface area contributed by atoms with Crippen LogP contribution in [0.3, 0.4) is 0 Å². The third-order valence-electron chi connectivity index (χ3n) is 4.14. The molecule has 2 aromatic heterocycles. The SMILES string of the molecule is Cc1cc(CN)ccc1C(=O)Cn1ncc(OCc2ccc(F)cn2)cc1=O. The van der Waals surface area contributed by atoms with Gasteiger partial charge < -0.3 is 10.5 Å². The summed E-state index contributed by atoms with van der Waals surface area (Å²) in [6, 6.07) is 9.35. The van der Waals surface area contributed by atoms with Crippen LogP contribution in [-0.4, -0.2) is 20.5 Å². The molecule has 28 heavy (non-hydrogen) atoms. The third-order valence-corrected chi connectivity index (χ3v) is 4.14. The second-order valence-corrected chi connectivity index (χ2v) is 6.22. The summed E-state index contributed by atoms with van der Waals surface area (Å²) < 4.78 is 19.4. The fraction of sp³-hybridized carbons (Fsp3) is 0.200. The summed E-state index contributed by atoms with van der Waals surface area (Å²) in [5.74, 6) is -0.422. The molecule has 0 atom stereocenters. The molecular formula is C20H19FN4O3. The minimum absolute atomic E-state index is 0.0665. The van der Waals surface area contributed by atoms with E-state index in [4.69, 9.17) is 10.5 Å². The first-order valence-corrected chi connectivity index (χ1v) is 8.59. The number of pyridine rings is 1. The molecule has 0 radical (unpaired) electrons. The van der Waals surface area contributed by atoms with E-state index in [2.05, 4.69) is 10.1 Å². The highest BCUT2D eigenvalue weighted by Gasteiger charge is 2.12. The molecule has 3 aromatic rings. The van der Waals surface area contributed by atoms with E-state index in [9.17, 15) is 14.0 Å². The Balaban J connectivity index is 1.67. The van der Waals surface area contributed by atoms with Crippen LogP contribution in [0.1, 0.15) is 27.2 Å². The predicted molar refractivity (Wildman–Crippen MR) is 100 cm³/mol. The highest BCUT2D eigenvalue weighted by Crippen LogP contribution is 2.13. The normalized spacial score (nSPS) is 10.7. The molecule has 0 aliphatic heterocycles. The van der Waals surface area contributed by atoms with Crippen LogP contribution in [-0.2, 0) is 19.7 Å². The van der Waals surface area contributed by atoms with E-state index in [0.29, 0.717) is 17.8 Å². The molecule has 0 aliphatic rings. The van der Waals surface area contributed by atoms with Gasteiger partial charge in [0.25, 0.3) is 5.56 Å². The van der Waals surface area contributed by atoms with Gasteiger partial charge in [-0.05, 0) is 30.2 Å². The van der Waals surface area contributed by atoms with Crippen LogP contribution >= 0.6 is 0 Å². The molecule has 144 valence electrons. The fourth-order valence-electron chi connectivity index (χ4n) is 2.65. The Morgan fingerprint density at radius 1 is 1.21 bits per heavy atom. The number of Topliss-reactive ketones (excluding diaryl/α,β-unsaturated/α-hetero) is 1. The van der Waals surface area contributed by atoms with Gasteiger partial charge in [0.1, 0.15) is 24.7 Å². The fourth-order valence-corrected chi connectivity index (χ4v) is 2.65. The first-order valence-electron chi connectivity index (χ1n) is 8.59. The van der Waals surface area contributed by atoms with Crippen molar-refractivity contribution in [1.29, 1.82) is 0 Å². The van der Waals surface area contributed by atoms with Crippen LogP contribution in [0.4, 0.5) is 4.39 Å². The number of hydrogen-bond donors (Lipinski definition) is 1. The van der Waals surface area contributed by atoms with E-state index in [1.807, 2.05) is 13.0 Å². The molecule has 0 aliphatic carbocycles. The summed E-state index contributed by atoms with van der Waals surface area (Å²) in [6.07, 6.45) is 2.44.